The van der Waals surface area contributed by atoms with Crippen molar-refractivity contribution < 1.29 is 4.79 Å². The Morgan fingerprint density at radius 2 is 2.16 bits per heavy atom. The normalized spacial score (nSPS) is 25.1. The highest BCUT2D eigenvalue weighted by Crippen LogP contribution is 2.54. The van der Waals surface area contributed by atoms with Crippen molar-refractivity contribution in [2.24, 2.45) is 13.0 Å². The van der Waals surface area contributed by atoms with Crippen molar-refractivity contribution in [3.8, 4) is 0 Å². The molecule has 98 valence electrons. The lowest BCUT2D eigenvalue weighted by molar-refractivity contribution is -0.117. The molecule has 0 unspecified atom stereocenters. The maximum atomic E-state index is 12.2. The molecule has 19 heavy (non-hydrogen) atoms. The predicted octanol–water partition coefficient (Wildman–Crippen LogP) is 1.73. The number of rotatable bonds is 3. The van der Waals surface area contributed by atoms with Crippen molar-refractivity contribution in [1.82, 2.24) is 15.0 Å². The zero-order valence-electron chi connectivity index (χ0n) is 11.0. The Kier molecular flexibility index (Phi) is 2.62. The quantitative estimate of drug-likeness (QED) is 0.909. The Bertz CT molecular complexity index is 607. The maximum absolute atomic E-state index is 12.2. The molecule has 1 aromatic heterocycles. The monoisotopic (exact) mass is 256 g/mol. The number of amides is 1. The number of benzene rings is 1. The Morgan fingerprint density at radius 1 is 1.42 bits per heavy atom. The summed E-state index contributed by atoms with van der Waals surface area (Å²) in [4.78, 5) is 12.2. The van der Waals surface area contributed by atoms with Gasteiger partial charge in [0.05, 0.1) is 6.20 Å². The van der Waals surface area contributed by atoms with E-state index < -0.39 is 0 Å². The van der Waals surface area contributed by atoms with E-state index in [1.54, 1.807) is 17.9 Å². The SMILES string of the molecule is Cn1nncc1NC(=O)[C@@H]1C[C@]1(C)c1ccccc1. The summed E-state index contributed by atoms with van der Waals surface area (Å²) in [5.74, 6) is 0.689. The molecule has 0 saturated heterocycles. The molecule has 0 aliphatic heterocycles. The van der Waals surface area contributed by atoms with E-state index in [9.17, 15) is 4.79 Å². The molecule has 1 saturated carbocycles. The number of hydrogen-bond acceptors (Lipinski definition) is 3. The number of aryl methyl sites for hydroxylation is 1. The van der Waals surface area contributed by atoms with Gasteiger partial charge in [0.25, 0.3) is 0 Å². The first-order valence-electron chi connectivity index (χ1n) is 6.32. The van der Waals surface area contributed by atoms with Crippen LogP contribution in [0, 0.1) is 5.92 Å². The highest BCUT2D eigenvalue weighted by molar-refractivity contribution is 5.95. The molecule has 1 aromatic carbocycles. The summed E-state index contributed by atoms with van der Waals surface area (Å²) in [6.07, 6.45) is 2.44. The van der Waals surface area contributed by atoms with Crippen molar-refractivity contribution in [2.75, 3.05) is 5.32 Å². The second-order valence-corrected chi connectivity index (χ2v) is 5.27. The molecule has 1 fully saturated rings. The van der Waals surface area contributed by atoms with E-state index in [4.69, 9.17) is 0 Å². The van der Waals surface area contributed by atoms with Crippen molar-refractivity contribution in [2.45, 2.75) is 18.8 Å². The number of nitrogens with zero attached hydrogens (tertiary/aromatic N) is 3. The van der Waals surface area contributed by atoms with Crippen LogP contribution in [0.2, 0.25) is 0 Å². The van der Waals surface area contributed by atoms with Gasteiger partial charge in [-0.3, -0.25) is 4.79 Å². The lowest BCUT2D eigenvalue weighted by atomic mass is 9.95. The van der Waals surface area contributed by atoms with E-state index in [0.29, 0.717) is 5.82 Å². The number of nitrogens with one attached hydrogen (secondary N) is 1. The van der Waals surface area contributed by atoms with E-state index in [1.807, 2.05) is 18.2 Å². The Labute approximate surface area is 111 Å². The van der Waals surface area contributed by atoms with Gasteiger partial charge in [0.1, 0.15) is 0 Å². The highest BCUT2D eigenvalue weighted by atomic mass is 16.2. The molecular weight excluding hydrogens is 240 g/mol. The van der Waals surface area contributed by atoms with Gasteiger partial charge in [-0.25, -0.2) is 4.68 Å². The molecule has 1 aliphatic carbocycles. The van der Waals surface area contributed by atoms with Gasteiger partial charge in [0.15, 0.2) is 5.82 Å². The van der Waals surface area contributed by atoms with E-state index in [0.717, 1.165) is 6.42 Å². The molecule has 3 rings (SSSR count). The van der Waals surface area contributed by atoms with Gasteiger partial charge < -0.3 is 5.32 Å². The summed E-state index contributed by atoms with van der Waals surface area (Å²) in [7, 11) is 1.76. The van der Waals surface area contributed by atoms with Crippen LogP contribution in [0.4, 0.5) is 5.82 Å². The smallest absolute Gasteiger partial charge is 0.229 e. The van der Waals surface area contributed by atoms with Crippen LogP contribution < -0.4 is 5.32 Å². The average Bonchev–Trinajstić information content (AvgIpc) is 2.98. The fourth-order valence-corrected chi connectivity index (χ4v) is 2.50. The zero-order valence-corrected chi connectivity index (χ0v) is 11.0. The van der Waals surface area contributed by atoms with Crippen molar-refractivity contribution in [3.63, 3.8) is 0 Å². The first-order valence-corrected chi connectivity index (χ1v) is 6.32. The fraction of sp³-hybridized carbons (Fsp3) is 0.357. The summed E-state index contributed by atoms with van der Waals surface area (Å²) < 4.78 is 1.56. The van der Waals surface area contributed by atoms with Crippen LogP contribution in [0.3, 0.4) is 0 Å². The summed E-state index contributed by atoms with van der Waals surface area (Å²) in [5, 5.41) is 10.4. The van der Waals surface area contributed by atoms with Crippen LogP contribution in [0.1, 0.15) is 18.9 Å². The van der Waals surface area contributed by atoms with Gasteiger partial charge >= 0.3 is 0 Å². The van der Waals surface area contributed by atoms with Crippen molar-refractivity contribution in [3.05, 3.63) is 42.1 Å². The molecule has 1 amide bonds. The minimum Gasteiger partial charge on any atom is -0.309 e. The minimum atomic E-state index is -0.0443. The maximum Gasteiger partial charge on any atom is 0.229 e. The molecule has 1 aliphatic rings. The second kappa shape index (κ2) is 4.19. The zero-order chi connectivity index (χ0) is 13.5. The standard InChI is InChI=1S/C14H16N4O/c1-14(10-6-4-3-5-7-10)8-11(14)13(19)16-12-9-15-17-18(12)2/h3-7,9,11H,8H2,1-2H3,(H,16,19)/t11-,14+/m0/s1. The Balaban J connectivity index is 1.73. The van der Waals surface area contributed by atoms with E-state index in [2.05, 4.69) is 34.7 Å². The van der Waals surface area contributed by atoms with E-state index >= 15 is 0 Å². The number of carbonyl (C=O) groups excluding carboxylic acids is 1. The number of aromatic nitrogens is 3. The molecule has 2 aromatic rings. The first-order chi connectivity index (χ1) is 9.11. The van der Waals surface area contributed by atoms with Gasteiger partial charge in [-0.15, -0.1) is 5.10 Å². The third-order valence-electron chi connectivity index (χ3n) is 3.95. The van der Waals surface area contributed by atoms with Gasteiger partial charge in [-0.2, -0.15) is 0 Å². The van der Waals surface area contributed by atoms with Crippen LogP contribution >= 0.6 is 0 Å². The molecule has 0 bridgehead atoms. The van der Waals surface area contributed by atoms with Crippen LogP contribution in [0.25, 0.3) is 0 Å². The van der Waals surface area contributed by atoms with Crippen LogP contribution in [0.5, 0.6) is 0 Å². The third kappa shape index (κ3) is 2.01. The van der Waals surface area contributed by atoms with Gasteiger partial charge in [-0.1, -0.05) is 42.5 Å². The minimum absolute atomic E-state index is 0.0183. The molecule has 1 heterocycles. The molecule has 5 heteroatoms. The van der Waals surface area contributed by atoms with Crippen molar-refractivity contribution >= 4 is 11.7 Å². The topological polar surface area (TPSA) is 59.8 Å². The molecule has 2 atom stereocenters. The molecule has 0 radical (unpaired) electrons. The van der Waals surface area contributed by atoms with Crippen LogP contribution in [0.15, 0.2) is 36.5 Å². The molecule has 0 spiro atoms. The van der Waals surface area contributed by atoms with Crippen LogP contribution in [-0.4, -0.2) is 20.9 Å². The predicted molar refractivity (Wildman–Crippen MR) is 71.5 cm³/mol. The third-order valence-corrected chi connectivity index (χ3v) is 3.95. The number of anilines is 1. The summed E-state index contributed by atoms with van der Waals surface area (Å²) in [6.45, 7) is 2.13. The van der Waals surface area contributed by atoms with E-state index in [-0.39, 0.29) is 17.2 Å². The molecular formula is C14H16N4O. The highest BCUT2D eigenvalue weighted by Gasteiger charge is 2.55. The number of hydrogen-bond donors (Lipinski definition) is 1. The Hall–Kier alpha value is -2.17. The van der Waals surface area contributed by atoms with Gasteiger partial charge in [-0.05, 0) is 12.0 Å². The summed E-state index contributed by atoms with van der Waals surface area (Å²) >= 11 is 0. The second-order valence-electron chi connectivity index (χ2n) is 5.27. The Morgan fingerprint density at radius 3 is 2.79 bits per heavy atom. The molecule has 5 nitrogen and oxygen atoms in total. The first kappa shape index (κ1) is 11.9. The number of carbonyl (C=O) groups is 1. The van der Waals surface area contributed by atoms with Crippen LogP contribution in [-0.2, 0) is 17.3 Å². The lowest BCUT2D eigenvalue weighted by Gasteiger charge is -2.11. The molecule has 1 N–H and O–H groups in total. The van der Waals surface area contributed by atoms with Crippen molar-refractivity contribution in [1.29, 1.82) is 0 Å². The summed E-state index contributed by atoms with van der Waals surface area (Å²) in [6, 6.07) is 10.2. The van der Waals surface area contributed by atoms with Gasteiger partial charge in [0.2, 0.25) is 5.91 Å². The van der Waals surface area contributed by atoms with Gasteiger partial charge in [0, 0.05) is 18.4 Å². The lowest BCUT2D eigenvalue weighted by Crippen LogP contribution is -2.20. The summed E-state index contributed by atoms with van der Waals surface area (Å²) in [5.41, 5.74) is 1.18. The average molecular weight is 256 g/mol. The van der Waals surface area contributed by atoms with E-state index in [1.165, 1.54) is 5.56 Å². The largest absolute Gasteiger partial charge is 0.309 e. The fourth-order valence-electron chi connectivity index (χ4n) is 2.50.